The topological polar surface area (TPSA) is 26.3 Å². The highest BCUT2D eigenvalue weighted by Gasteiger charge is 2.21. The lowest BCUT2D eigenvalue weighted by molar-refractivity contribution is -0.117. The number of carbonyl (C=O) groups is 1. The summed E-state index contributed by atoms with van der Waals surface area (Å²) in [4.78, 5) is 12.5. The van der Waals surface area contributed by atoms with Crippen molar-refractivity contribution in [3.63, 3.8) is 0 Å². The van der Waals surface area contributed by atoms with Crippen LogP contribution in [-0.2, 0) is 9.53 Å². The highest BCUT2D eigenvalue weighted by Crippen LogP contribution is 2.29. The van der Waals surface area contributed by atoms with Gasteiger partial charge in [0, 0.05) is 13.0 Å². The van der Waals surface area contributed by atoms with E-state index in [4.69, 9.17) is 4.74 Å². The van der Waals surface area contributed by atoms with Crippen LogP contribution in [0.5, 0.6) is 0 Å². The number of rotatable bonds is 6. The van der Waals surface area contributed by atoms with Gasteiger partial charge < -0.3 is 4.74 Å². The maximum atomic E-state index is 12.5. The van der Waals surface area contributed by atoms with E-state index in [2.05, 4.69) is 13.2 Å². The number of methoxy groups -OCH3 is 1. The Hall–Kier alpha value is -1.15. The van der Waals surface area contributed by atoms with E-state index >= 15 is 0 Å². The van der Waals surface area contributed by atoms with Crippen molar-refractivity contribution < 1.29 is 9.53 Å². The molecule has 0 saturated carbocycles. The number of allylic oxidation sites excluding steroid dienone is 2. The lowest BCUT2D eigenvalue weighted by Gasteiger charge is -2.20. The molecule has 19 heavy (non-hydrogen) atoms. The fourth-order valence-electron chi connectivity index (χ4n) is 2.56. The maximum absolute atomic E-state index is 12.5. The van der Waals surface area contributed by atoms with Crippen LogP contribution in [0.25, 0.3) is 0 Å². The molecule has 0 aromatic carbocycles. The fraction of sp³-hybridized carbons (Fsp3) is 0.588. The van der Waals surface area contributed by atoms with E-state index < -0.39 is 0 Å². The molecule has 106 valence electrons. The van der Waals surface area contributed by atoms with E-state index in [0.29, 0.717) is 6.61 Å². The molecule has 0 aromatic heterocycles. The smallest absolute Gasteiger partial charge is 0.165 e. The summed E-state index contributed by atoms with van der Waals surface area (Å²) in [5.41, 5.74) is 3.07. The molecule has 1 aliphatic carbocycles. The molecule has 0 N–H and O–H groups in total. The summed E-state index contributed by atoms with van der Waals surface area (Å²) in [6.07, 6.45) is 8.23. The van der Waals surface area contributed by atoms with Crippen molar-refractivity contribution in [1.82, 2.24) is 0 Å². The third-order valence-corrected chi connectivity index (χ3v) is 3.78. The molecule has 0 radical (unpaired) electrons. The molecule has 1 rings (SSSR count). The number of carbonyl (C=O) groups excluding carboxylic acids is 1. The Balaban J connectivity index is 3.08. The zero-order valence-electron chi connectivity index (χ0n) is 12.3. The van der Waals surface area contributed by atoms with Gasteiger partial charge in [0.1, 0.15) is 0 Å². The van der Waals surface area contributed by atoms with E-state index in [0.717, 1.165) is 42.4 Å². The average Bonchev–Trinajstić information content (AvgIpc) is 2.37. The molecule has 2 heteroatoms. The molecule has 0 aliphatic heterocycles. The second kappa shape index (κ2) is 8.11. The fourth-order valence-corrected chi connectivity index (χ4v) is 2.56. The molecule has 0 fully saturated rings. The first-order chi connectivity index (χ1) is 9.11. The minimum absolute atomic E-state index is 0.111. The third kappa shape index (κ3) is 4.46. The van der Waals surface area contributed by atoms with E-state index in [1.165, 1.54) is 12.8 Å². The minimum Gasteiger partial charge on any atom is -0.380 e. The SMILES string of the molecule is C=CC(C)C(=O)/C1=C(/C(=C)COC)CCCCCC1. The summed E-state index contributed by atoms with van der Waals surface area (Å²) >= 11 is 0. The summed E-state index contributed by atoms with van der Waals surface area (Å²) in [6.45, 7) is 10.3. The number of ether oxygens (including phenoxy) is 1. The standard InChI is InChI=1S/C17H26O2/c1-5-13(2)17(18)16-11-9-7-6-8-10-15(16)14(3)12-19-4/h5,13H,1,3,6-12H2,2,4H3/b16-15+. The van der Waals surface area contributed by atoms with Crippen LogP contribution in [0.4, 0.5) is 0 Å². The molecule has 0 spiro atoms. The summed E-state index contributed by atoms with van der Waals surface area (Å²) in [5, 5.41) is 0. The number of ketones is 1. The Morgan fingerprint density at radius 3 is 2.37 bits per heavy atom. The third-order valence-electron chi connectivity index (χ3n) is 3.78. The van der Waals surface area contributed by atoms with Gasteiger partial charge in [0.25, 0.3) is 0 Å². The van der Waals surface area contributed by atoms with Crippen LogP contribution in [0.1, 0.15) is 45.4 Å². The maximum Gasteiger partial charge on any atom is 0.165 e. The second-order valence-electron chi connectivity index (χ2n) is 5.30. The van der Waals surface area contributed by atoms with Crippen LogP contribution < -0.4 is 0 Å². The summed E-state index contributed by atoms with van der Waals surface area (Å²) < 4.78 is 5.18. The van der Waals surface area contributed by atoms with Crippen LogP contribution in [-0.4, -0.2) is 19.5 Å². The van der Waals surface area contributed by atoms with Crippen molar-refractivity contribution in [1.29, 1.82) is 0 Å². The van der Waals surface area contributed by atoms with E-state index in [9.17, 15) is 4.79 Å². The van der Waals surface area contributed by atoms with Gasteiger partial charge >= 0.3 is 0 Å². The van der Waals surface area contributed by atoms with Gasteiger partial charge in [-0.15, -0.1) is 6.58 Å². The van der Waals surface area contributed by atoms with Crippen LogP contribution in [0.3, 0.4) is 0 Å². The Kier molecular flexibility index (Phi) is 6.79. The van der Waals surface area contributed by atoms with Crippen molar-refractivity contribution in [2.45, 2.75) is 45.4 Å². The zero-order chi connectivity index (χ0) is 14.3. The van der Waals surface area contributed by atoms with Gasteiger partial charge in [0.2, 0.25) is 0 Å². The summed E-state index contributed by atoms with van der Waals surface area (Å²) in [7, 11) is 1.67. The summed E-state index contributed by atoms with van der Waals surface area (Å²) in [5.74, 6) is 0.101. The monoisotopic (exact) mass is 262 g/mol. The molecular formula is C17H26O2. The average molecular weight is 262 g/mol. The van der Waals surface area contributed by atoms with E-state index in [1.807, 2.05) is 6.92 Å². The first-order valence-corrected chi connectivity index (χ1v) is 7.17. The quantitative estimate of drug-likeness (QED) is 0.670. The van der Waals surface area contributed by atoms with Gasteiger partial charge in [-0.05, 0) is 42.4 Å². The van der Waals surface area contributed by atoms with Gasteiger partial charge in [-0.3, -0.25) is 4.79 Å². The highest BCUT2D eigenvalue weighted by molar-refractivity contribution is 5.99. The van der Waals surface area contributed by atoms with Gasteiger partial charge in [-0.1, -0.05) is 32.4 Å². The van der Waals surface area contributed by atoms with Crippen molar-refractivity contribution in [3.05, 3.63) is 36.0 Å². The van der Waals surface area contributed by atoms with Gasteiger partial charge in [0.05, 0.1) is 6.61 Å². The zero-order valence-corrected chi connectivity index (χ0v) is 12.3. The molecule has 1 atom stereocenters. The van der Waals surface area contributed by atoms with Gasteiger partial charge in [-0.25, -0.2) is 0 Å². The molecule has 0 amide bonds. The van der Waals surface area contributed by atoms with Crippen molar-refractivity contribution in [2.24, 2.45) is 5.92 Å². The number of hydrogen-bond donors (Lipinski definition) is 0. The lowest BCUT2D eigenvalue weighted by atomic mass is 9.84. The normalized spacial score (nSPS) is 22.2. The molecule has 2 nitrogen and oxygen atoms in total. The predicted octanol–water partition coefficient (Wildman–Crippen LogP) is 4.23. The minimum atomic E-state index is -0.111. The molecular weight excluding hydrogens is 236 g/mol. The first-order valence-electron chi connectivity index (χ1n) is 7.17. The van der Waals surface area contributed by atoms with Crippen LogP contribution in [0, 0.1) is 5.92 Å². The lowest BCUT2D eigenvalue weighted by Crippen LogP contribution is -2.16. The van der Waals surface area contributed by atoms with Crippen molar-refractivity contribution in [2.75, 3.05) is 13.7 Å². The Labute approximate surface area is 117 Å². The Morgan fingerprint density at radius 1 is 1.26 bits per heavy atom. The predicted molar refractivity (Wildman–Crippen MR) is 80.1 cm³/mol. The van der Waals surface area contributed by atoms with Crippen LogP contribution in [0.2, 0.25) is 0 Å². The van der Waals surface area contributed by atoms with Crippen molar-refractivity contribution in [3.8, 4) is 0 Å². The first kappa shape index (κ1) is 15.9. The van der Waals surface area contributed by atoms with E-state index in [-0.39, 0.29) is 11.7 Å². The number of hydrogen-bond acceptors (Lipinski definition) is 2. The van der Waals surface area contributed by atoms with Gasteiger partial charge in [-0.2, -0.15) is 0 Å². The second-order valence-corrected chi connectivity index (χ2v) is 5.30. The van der Waals surface area contributed by atoms with Crippen LogP contribution in [0.15, 0.2) is 36.0 Å². The van der Waals surface area contributed by atoms with Crippen molar-refractivity contribution >= 4 is 5.78 Å². The molecule has 1 aliphatic rings. The van der Waals surface area contributed by atoms with Gasteiger partial charge in [0.15, 0.2) is 5.78 Å². The molecule has 0 heterocycles. The largest absolute Gasteiger partial charge is 0.380 e. The molecule has 0 bridgehead atoms. The highest BCUT2D eigenvalue weighted by atomic mass is 16.5. The summed E-state index contributed by atoms with van der Waals surface area (Å²) in [6, 6.07) is 0. The van der Waals surface area contributed by atoms with E-state index in [1.54, 1.807) is 13.2 Å². The Bertz CT molecular complexity index is 377. The molecule has 1 unspecified atom stereocenters. The molecule has 0 saturated heterocycles. The number of Topliss-reactive ketones (excluding diaryl/α,β-unsaturated/α-hetero) is 1. The van der Waals surface area contributed by atoms with Crippen LogP contribution >= 0.6 is 0 Å². The molecule has 0 aromatic rings. The Morgan fingerprint density at radius 2 is 1.84 bits per heavy atom.